The predicted octanol–water partition coefficient (Wildman–Crippen LogP) is 4.01. The molecule has 0 saturated heterocycles. The minimum atomic E-state index is -0.377. The van der Waals surface area contributed by atoms with E-state index in [1.165, 1.54) is 10.8 Å². The van der Waals surface area contributed by atoms with Crippen molar-refractivity contribution < 1.29 is 9.53 Å². The number of nitrogens with zero attached hydrogens (tertiary/aromatic N) is 1. The number of benzene rings is 1. The van der Waals surface area contributed by atoms with E-state index in [2.05, 4.69) is 30.3 Å². The van der Waals surface area contributed by atoms with Crippen molar-refractivity contribution in [2.24, 2.45) is 0 Å². The van der Waals surface area contributed by atoms with Gasteiger partial charge in [0.1, 0.15) is 11.8 Å². The molecule has 1 aromatic heterocycles. The Balaban J connectivity index is 2.09. The number of hydrogen-bond donors (Lipinski definition) is 1. The summed E-state index contributed by atoms with van der Waals surface area (Å²) in [7, 11) is 0. The number of fused-ring (bicyclic) bond motifs is 1. The molecule has 0 aliphatic carbocycles. The van der Waals surface area contributed by atoms with Crippen LogP contribution in [0.4, 0.5) is 4.79 Å². The van der Waals surface area contributed by atoms with Gasteiger partial charge in [0.05, 0.1) is 0 Å². The molecule has 1 aliphatic heterocycles. The molecule has 1 amide bonds. The van der Waals surface area contributed by atoms with Crippen LogP contribution in [0.3, 0.4) is 0 Å². The van der Waals surface area contributed by atoms with Crippen LogP contribution >= 0.6 is 0 Å². The standard InChI is InChI=1S/C24H26N2O2/c1-5-12-17(6-2)23-22-20(19(7-3)21(8-4)25-22)15-16-26(23)24(27)28-18-13-10-9-11-14-18/h5-14,23,25H,1-2,15-16H2,3-4H3/b17-12+,19-7-,21-8+/t23-/m0/s1. The fourth-order valence-corrected chi connectivity index (χ4v) is 3.77. The number of aromatic amines is 1. The minimum absolute atomic E-state index is 0.303. The summed E-state index contributed by atoms with van der Waals surface area (Å²) < 4.78 is 5.63. The summed E-state index contributed by atoms with van der Waals surface area (Å²) in [6.45, 7) is 12.4. The van der Waals surface area contributed by atoms with Crippen molar-refractivity contribution in [3.05, 3.63) is 89.1 Å². The topological polar surface area (TPSA) is 45.3 Å². The normalized spacial score (nSPS) is 18.0. The molecule has 1 aromatic carbocycles. The van der Waals surface area contributed by atoms with E-state index in [4.69, 9.17) is 4.74 Å². The van der Waals surface area contributed by atoms with Crippen LogP contribution in [-0.4, -0.2) is 22.5 Å². The number of allylic oxidation sites excluding steroid dienone is 2. The van der Waals surface area contributed by atoms with E-state index in [1.807, 2.05) is 38.1 Å². The number of rotatable bonds is 4. The van der Waals surface area contributed by atoms with Crippen molar-refractivity contribution in [3.63, 3.8) is 0 Å². The summed E-state index contributed by atoms with van der Waals surface area (Å²) in [5, 5.41) is 2.26. The van der Waals surface area contributed by atoms with E-state index in [1.54, 1.807) is 29.2 Å². The third-order valence-electron chi connectivity index (χ3n) is 5.02. The van der Waals surface area contributed by atoms with Crippen LogP contribution in [0.2, 0.25) is 0 Å². The van der Waals surface area contributed by atoms with E-state index in [0.29, 0.717) is 12.3 Å². The molecule has 0 spiro atoms. The summed E-state index contributed by atoms with van der Waals surface area (Å²) in [4.78, 5) is 18.3. The maximum atomic E-state index is 13.0. The molecule has 0 unspecified atom stereocenters. The third-order valence-corrected chi connectivity index (χ3v) is 5.02. The zero-order chi connectivity index (χ0) is 20.1. The Bertz CT molecular complexity index is 1030. The van der Waals surface area contributed by atoms with Crippen LogP contribution in [0, 0.1) is 0 Å². The van der Waals surface area contributed by atoms with Gasteiger partial charge < -0.3 is 9.72 Å². The van der Waals surface area contributed by atoms with Crippen LogP contribution in [0.5, 0.6) is 5.75 Å². The van der Waals surface area contributed by atoms with E-state index < -0.39 is 0 Å². The largest absolute Gasteiger partial charge is 0.416 e. The number of H-pyrrole nitrogens is 1. The quantitative estimate of drug-likeness (QED) is 0.822. The Morgan fingerprint density at radius 3 is 2.57 bits per heavy atom. The molecule has 0 bridgehead atoms. The molecule has 1 atom stereocenters. The first-order valence-electron chi connectivity index (χ1n) is 9.46. The van der Waals surface area contributed by atoms with Crippen molar-refractivity contribution in [1.29, 1.82) is 0 Å². The van der Waals surface area contributed by atoms with Crippen molar-refractivity contribution in [2.45, 2.75) is 26.3 Å². The highest BCUT2D eigenvalue weighted by atomic mass is 16.6. The van der Waals surface area contributed by atoms with Gasteiger partial charge in [-0.2, -0.15) is 0 Å². The van der Waals surface area contributed by atoms with Gasteiger partial charge in [0, 0.05) is 17.6 Å². The predicted molar refractivity (Wildman–Crippen MR) is 114 cm³/mol. The monoisotopic (exact) mass is 374 g/mol. The minimum Gasteiger partial charge on any atom is -0.410 e. The van der Waals surface area contributed by atoms with Crippen LogP contribution in [0.1, 0.15) is 31.1 Å². The number of carbonyl (C=O) groups is 1. The first-order valence-corrected chi connectivity index (χ1v) is 9.46. The zero-order valence-electron chi connectivity index (χ0n) is 16.4. The lowest BCUT2D eigenvalue weighted by Gasteiger charge is -2.35. The molecule has 0 radical (unpaired) electrons. The van der Waals surface area contributed by atoms with E-state index in [0.717, 1.165) is 23.0 Å². The molecule has 1 aliphatic rings. The highest BCUT2D eigenvalue weighted by Gasteiger charge is 2.35. The van der Waals surface area contributed by atoms with Gasteiger partial charge >= 0.3 is 6.09 Å². The number of amides is 1. The lowest BCUT2D eigenvalue weighted by Crippen LogP contribution is -2.43. The SMILES string of the molecule is C=C/C=C(\C=C)[C@H]1c2[nH]c(=C/C)/c(=C\C)c2CCN1C(=O)Oc1ccccc1. The van der Waals surface area contributed by atoms with Crippen molar-refractivity contribution in [3.8, 4) is 5.75 Å². The van der Waals surface area contributed by atoms with Gasteiger partial charge in [-0.1, -0.05) is 61.7 Å². The summed E-state index contributed by atoms with van der Waals surface area (Å²) in [6.07, 6.45) is 9.94. The van der Waals surface area contributed by atoms with Crippen molar-refractivity contribution >= 4 is 18.2 Å². The van der Waals surface area contributed by atoms with Crippen LogP contribution in [0.15, 0.2) is 67.3 Å². The van der Waals surface area contributed by atoms with Crippen LogP contribution in [0.25, 0.3) is 12.2 Å². The average molecular weight is 374 g/mol. The second kappa shape index (κ2) is 8.61. The highest BCUT2D eigenvalue weighted by molar-refractivity contribution is 5.73. The fraction of sp³-hybridized carbons (Fsp3) is 0.208. The molecule has 4 heteroatoms. The number of nitrogens with one attached hydrogen (secondary N) is 1. The molecular formula is C24H26N2O2. The van der Waals surface area contributed by atoms with Crippen LogP contribution in [-0.2, 0) is 6.42 Å². The molecule has 2 aromatic rings. The Hall–Kier alpha value is -3.27. The van der Waals surface area contributed by atoms with Gasteiger partial charge in [-0.25, -0.2) is 4.79 Å². The second-order valence-electron chi connectivity index (χ2n) is 6.56. The van der Waals surface area contributed by atoms with Gasteiger partial charge in [0.2, 0.25) is 0 Å². The van der Waals surface area contributed by atoms with Crippen LogP contribution < -0.4 is 15.3 Å². The smallest absolute Gasteiger partial charge is 0.410 e. The fourth-order valence-electron chi connectivity index (χ4n) is 3.77. The molecular weight excluding hydrogens is 348 g/mol. The first kappa shape index (κ1) is 19.5. The van der Waals surface area contributed by atoms with Crippen molar-refractivity contribution in [2.75, 3.05) is 6.54 Å². The molecule has 4 nitrogen and oxygen atoms in total. The Kier molecular flexibility index (Phi) is 5.99. The first-order chi connectivity index (χ1) is 13.6. The summed E-state index contributed by atoms with van der Waals surface area (Å²) in [6, 6.07) is 8.83. The summed E-state index contributed by atoms with van der Waals surface area (Å²) in [5.41, 5.74) is 3.14. The van der Waals surface area contributed by atoms with Crippen molar-refractivity contribution in [1.82, 2.24) is 9.88 Å². The maximum Gasteiger partial charge on any atom is 0.416 e. The number of ether oxygens (including phenoxy) is 1. The van der Waals surface area contributed by atoms with E-state index >= 15 is 0 Å². The third kappa shape index (κ3) is 3.58. The molecule has 2 heterocycles. The van der Waals surface area contributed by atoms with E-state index in [-0.39, 0.29) is 12.1 Å². The zero-order valence-corrected chi connectivity index (χ0v) is 16.4. The Morgan fingerprint density at radius 1 is 1.21 bits per heavy atom. The van der Waals surface area contributed by atoms with Gasteiger partial charge in [0.25, 0.3) is 0 Å². The van der Waals surface area contributed by atoms with Gasteiger partial charge in [-0.3, -0.25) is 4.90 Å². The van der Waals surface area contributed by atoms with E-state index in [9.17, 15) is 4.79 Å². The molecule has 0 saturated carbocycles. The second-order valence-corrected chi connectivity index (χ2v) is 6.56. The average Bonchev–Trinajstić information content (AvgIpc) is 3.10. The lowest BCUT2D eigenvalue weighted by atomic mass is 9.92. The highest BCUT2D eigenvalue weighted by Crippen LogP contribution is 2.34. The summed E-state index contributed by atoms with van der Waals surface area (Å²) in [5.74, 6) is 0.529. The molecule has 1 N–H and O–H groups in total. The number of carbonyl (C=O) groups excluding carboxylic acids is 1. The Labute approximate surface area is 165 Å². The van der Waals surface area contributed by atoms with Gasteiger partial charge in [0.15, 0.2) is 0 Å². The molecule has 0 fully saturated rings. The molecule has 28 heavy (non-hydrogen) atoms. The number of hydrogen-bond acceptors (Lipinski definition) is 2. The Morgan fingerprint density at radius 2 is 1.96 bits per heavy atom. The number of aromatic nitrogens is 1. The van der Waals surface area contributed by atoms with Gasteiger partial charge in [-0.15, -0.1) is 0 Å². The van der Waals surface area contributed by atoms with Gasteiger partial charge in [-0.05, 0) is 48.8 Å². The number of para-hydroxylation sites is 1. The molecule has 3 rings (SSSR count). The maximum absolute atomic E-state index is 13.0. The summed E-state index contributed by atoms with van der Waals surface area (Å²) >= 11 is 0. The molecule has 144 valence electrons. The lowest BCUT2D eigenvalue weighted by molar-refractivity contribution is 0.135.